The molecule has 0 atom stereocenters. The number of aliphatic imine (C=N–C) groups is 1. The SMILES string of the molecule is CCC(=Nc1ncccc1F)C(=CN)C(=O)Nc1ccc(Oc2ccnc(N)c2Cl)c(F)c1. The van der Waals surface area contributed by atoms with E-state index in [0.29, 0.717) is 0 Å². The van der Waals surface area contributed by atoms with Crippen LogP contribution in [0.2, 0.25) is 5.02 Å². The van der Waals surface area contributed by atoms with Crippen molar-refractivity contribution in [3.05, 3.63) is 77.2 Å². The number of anilines is 2. The Labute approximate surface area is 193 Å². The van der Waals surface area contributed by atoms with E-state index in [1.54, 1.807) is 6.92 Å². The van der Waals surface area contributed by atoms with E-state index in [0.717, 1.165) is 12.3 Å². The number of rotatable bonds is 7. The lowest BCUT2D eigenvalue weighted by Gasteiger charge is -2.12. The van der Waals surface area contributed by atoms with Gasteiger partial charge in [0, 0.05) is 36.4 Å². The number of pyridine rings is 2. The fourth-order valence-corrected chi connectivity index (χ4v) is 2.87. The Kier molecular flexibility index (Phi) is 7.52. The topological polar surface area (TPSA) is 129 Å². The molecule has 1 aromatic carbocycles. The fraction of sp³-hybridized carbons (Fsp3) is 0.0909. The number of nitrogen functional groups attached to an aromatic ring is 1. The number of aromatic nitrogens is 2. The summed E-state index contributed by atoms with van der Waals surface area (Å²) in [7, 11) is 0. The van der Waals surface area contributed by atoms with Gasteiger partial charge in [0.2, 0.25) is 0 Å². The molecule has 33 heavy (non-hydrogen) atoms. The minimum Gasteiger partial charge on any atom is -0.453 e. The number of nitrogens with zero attached hydrogens (tertiary/aromatic N) is 3. The van der Waals surface area contributed by atoms with E-state index in [-0.39, 0.29) is 51.6 Å². The Morgan fingerprint density at radius 3 is 2.64 bits per heavy atom. The second-order valence-electron chi connectivity index (χ2n) is 6.51. The van der Waals surface area contributed by atoms with Crippen LogP contribution in [0.25, 0.3) is 0 Å². The van der Waals surface area contributed by atoms with E-state index >= 15 is 0 Å². The first-order valence-electron chi connectivity index (χ1n) is 9.63. The van der Waals surface area contributed by atoms with Gasteiger partial charge in [-0.15, -0.1) is 0 Å². The molecule has 0 unspecified atom stereocenters. The molecule has 0 spiro atoms. The van der Waals surface area contributed by atoms with Crippen LogP contribution in [0.3, 0.4) is 0 Å². The number of carbonyl (C=O) groups excluding carboxylic acids is 1. The number of hydrogen-bond donors (Lipinski definition) is 3. The maximum Gasteiger partial charge on any atom is 0.258 e. The Balaban J connectivity index is 1.79. The third kappa shape index (κ3) is 5.60. The first-order chi connectivity index (χ1) is 15.8. The summed E-state index contributed by atoms with van der Waals surface area (Å²) in [4.78, 5) is 24.5. The molecule has 0 fully saturated rings. The number of benzene rings is 1. The molecular weight excluding hydrogens is 454 g/mol. The standard InChI is InChI=1S/C22H19ClF2N6O2/c1-2-16(31-21-14(24)4-3-8-29-21)13(11-26)22(32)30-12-5-6-17(15(25)10-12)33-18-7-9-28-20(27)19(18)23/h3-11H,2,26H2,1H3,(H2,27,28)(H,30,32). The molecule has 0 saturated carbocycles. The van der Waals surface area contributed by atoms with E-state index in [9.17, 15) is 13.6 Å². The molecule has 0 saturated heterocycles. The molecule has 5 N–H and O–H groups in total. The molecule has 3 rings (SSSR count). The summed E-state index contributed by atoms with van der Waals surface area (Å²) in [6.45, 7) is 1.72. The van der Waals surface area contributed by atoms with Gasteiger partial charge in [-0.3, -0.25) is 4.79 Å². The largest absolute Gasteiger partial charge is 0.453 e. The zero-order valence-corrected chi connectivity index (χ0v) is 18.1. The molecule has 0 aliphatic heterocycles. The van der Waals surface area contributed by atoms with Gasteiger partial charge in [-0.1, -0.05) is 18.5 Å². The molecule has 0 aliphatic rings. The van der Waals surface area contributed by atoms with Gasteiger partial charge in [0.25, 0.3) is 5.91 Å². The second kappa shape index (κ2) is 10.5. The number of halogens is 3. The van der Waals surface area contributed by atoms with Crippen LogP contribution in [0, 0.1) is 11.6 Å². The summed E-state index contributed by atoms with van der Waals surface area (Å²) in [6, 6.07) is 7.84. The van der Waals surface area contributed by atoms with Gasteiger partial charge in [0.1, 0.15) is 10.8 Å². The number of nitrogens with one attached hydrogen (secondary N) is 1. The fourth-order valence-electron chi connectivity index (χ4n) is 2.72. The zero-order chi connectivity index (χ0) is 24.0. The van der Waals surface area contributed by atoms with E-state index in [1.165, 1.54) is 42.7 Å². The Morgan fingerprint density at radius 2 is 1.97 bits per heavy atom. The minimum atomic E-state index is -0.766. The lowest BCUT2D eigenvalue weighted by atomic mass is 10.1. The highest BCUT2D eigenvalue weighted by Crippen LogP contribution is 2.34. The van der Waals surface area contributed by atoms with Crippen molar-refractivity contribution in [1.82, 2.24) is 9.97 Å². The summed E-state index contributed by atoms with van der Waals surface area (Å²) in [5.74, 6) is -2.22. The van der Waals surface area contributed by atoms with Gasteiger partial charge in [-0.2, -0.15) is 0 Å². The van der Waals surface area contributed by atoms with Gasteiger partial charge in [-0.05, 0) is 30.7 Å². The van der Waals surface area contributed by atoms with Gasteiger partial charge in [-0.25, -0.2) is 23.7 Å². The average molecular weight is 473 g/mol. The molecule has 2 heterocycles. The molecule has 0 radical (unpaired) electrons. The van der Waals surface area contributed by atoms with Crippen molar-refractivity contribution in [3.8, 4) is 11.5 Å². The molecule has 170 valence electrons. The summed E-state index contributed by atoms with van der Waals surface area (Å²) in [6.07, 6.45) is 4.06. The predicted molar refractivity (Wildman–Crippen MR) is 123 cm³/mol. The maximum absolute atomic E-state index is 14.6. The van der Waals surface area contributed by atoms with Crippen LogP contribution in [0.5, 0.6) is 11.5 Å². The van der Waals surface area contributed by atoms with Crippen LogP contribution >= 0.6 is 11.6 Å². The quantitative estimate of drug-likeness (QED) is 0.336. The third-order valence-electron chi connectivity index (χ3n) is 4.33. The number of hydrogen-bond acceptors (Lipinski definition) is 7. The lowest BCUT2D eigenvalue weighted by molar-refractivity contribution is -0.112. The van der Waals surface area contributed by atoms with Crippen LogP contribution in [-0.2, 0) is 4.79 Å². The van der Waals surface area contributed by atoms with Crippen molar-refractivity contribution >= 4 is 40.5 Å². The Bertz CT molecular complexity index is 1250. The normalized spacial score (nSPS) is 11.9. The van der Waals surface area contributed by atoms with Crippen molar-refractivity contribution < 1.29 is 18.3 Å². The third-order valence-corrected chi connectivity index (χ3v) is 4.71. The average Bonchev–Trinajstić information content (AvgIpc) is 2.79. The van der Waals surface area contributed by atoms with E-state index in [4.69, 9.17) is 27.8 Å². The molecular formula is C22H19ClF2N6O2. The molecule has 3 aromatic rings. The van der Waals surface area contributed by atoms with Gasteiger partial charge < -0.3 is 21.5 Å². The number of carbonyl (C=O) groups is 1. The van der Waals surface area contributed by atoms with Crippen molar-refractivity contribution in [1.29, 1.82) is 0 Å². The van der Waals surface area contributed by atoms with Gasteiger partial charge >= 0.3 is 0 Å². The highest BCUT2D eigenvalue weighted by molar-refractivity contribution is 6.34. The van der Waals surface area contributed by atoms with E-state index < -0.39 is 17.5 Å². The first-order valence-corrected chi connectivity index (χ1v) is 10.0. The molecule has 0 bridgehead atoms. The lowest BCUT2D eigenvalue weighted by Crippen LogP contribution is -2.21. The Morgan fingerprint density at radius 1 is 1.18 bits per heavy atom. The van der Waals surface area contributed by atoms with E-state index in [2.05, 4.69) is 20.3 Å². The molecule has 11 heteroatoms. The van der Waals surface area contributed by atoms with Gasteiger partial charge in [0.05, 0.1) is 11.3 Å². The van der Waals surface area contributed by atoms with Crippen LogP contribution < -0.4 is 21.5 Å². The minimum absolute atomic E-state index is 0.0117. The number of nitrogens with two attached hydrogens (primary N) is 2. The Hall–Kier alpha value is -4.05. The van der Waals surface area contributed by atoms with Crippen LogP contribution in [0.1, 0.15) is 13.3 Å². The smallest absolute Gasteiger partial charge is 0.258 e. The van der Waals surface area contributed by atoms with E-state index in [1.807, 2.05) is 0 Å². The molecule has 2 aromatic heterocycles. The molecule has 0 aliphatic carbocycles. The monoisotopic (exact) mass is 472 g/mol. The molecule has 8 nitrogen and oxygen atoms in total. The van der Waals surface area contributed by atoms with Crippen molar-refractivity contribution in [3.63, 3.8) is 0 Å². The van der Waals surface area contributed by atoms with Crippen molar-refractivity contribution in [2.24, 2.45) is 10.7 Å². The highest BCUT2D eigenvalue weighted by Gasteiger charge is 2.17. The number of amides is 1. The highest BCUT2D eigenvalue weighted by atomic mass is 35.5. The van der Waals surface area contributed by atoms with Gasteiger partial charge in [0.15, 0.2) is 29.0 Å². The van der Waals surface area contributed by atoms with Crippen molar-refractivity contribution in [2.45, 2.75) is 13.3 Å². The molecule has 1 amide bonds. The first kappa shape index (κ1) is 23.6. The van der Waals surface area contributed by atoms with Crippen molar-refractivity contribution in [2.75, 3.05) is 11.1 Å². The zero-order valence-electron chi connectivity index (χ0n) is 17.3. The summed E-state index contributed by atoms with van der Waals surface area (Å²) in [5, 5.41) is 2.57. The maximum atomic E-state index is 14.6. The van der Waals surface area contributed by atoms with Crippen LogP contribution in [-0.4, -0.2) is 21.6 Å². The second-order valence-corrected chi connectivity index (χ2v) is 6.89. The van der Waals surface area contributed by atoms with Crippen LogP contribution in [0.15, 0.2) is 65.6 Å². The van der Waals surface area contributed by atoms with Crippen LogP contribution in [0.4, 0.5) is 26.1 Å². The summed E-state index contributed by atoms with van der Waals surface area (Å²) < 4.78 is 33.9. The number of ether oxygens (including phenoxy) is 1. The summed E-state index contributed by atoms with van der Waals surface area (Å²) in [5.41, 5.74) is 11.6. The summed E-state index contributed by atoms with van der Waals surface area (Å²) >= 11 is 6.01. The predicted octanol–water partition coefficient (Wildman–Crippen LogP) is 4.75.